The van der Waals surface area contributed by atoms with Gasteiger partial charge in [0.05, 0.1) is 16.7 Å². The number of anilines is 1. The van der Waals surface area contributed by atoms with Crippen LogP contribution in [0.2, 0.25) is 0 Å². The van der Waals surface area contributed by atoms with E-state index >= 15 is 0 Å². The second-order valence-corrected chi connectivity index (χ2v) is 6.50. The molecule has 8 heteroatoms. The molecular weight excluding hydrogens is 322 g/mol. The lowest BCUT2D eigenvalue weighted by Crippen LogP contribution is -2.46. The topological polar surface area (TPSA) is 88.4 Å². The van der Waals surface area contributed by atoms with E-state index in [-0.39, 0.29) is 17.9 Å². The van der Waals surface area contributed by atoms with Crippen molar-refractivity contribution in [2.24, 2.45) is 7.05 Å². The Morgan fingerprint density at radius 3 is 2.56 bits per heavy atom. The number of nitrogens with zero attached hydrogens (tertiary/aromatic N) is 3. The van der Waals surface area contributed by atoms with Gasteiger partial charge in [0, 0.05) is 46.2 Å². The van der Waals surface area contributed by atoms with Crippen LogP contribution < -0.4 is 21.2 Å². The molecule has 0 aliphatic carbocycles. The first-order valence-electron chi connectivity index (χ1n) is 8.55. The van der Waals surface area contributed by atoms with E-state index in [4.69, 9.17) is 0 Å². The minimum Gasteiger partial charge on any atom is -0.367 e. The molecule has 2 aliphatic rings. The lowest BCUT2D eigenvalue weighted by molar-refractivity contribution is -0.135. The van der Waals surface area contributed by atoms with Gasteiger partial charge in [-0.05, 0) is 12.1 Å². The van der Waals surface area contributed by atoms with Crippen LogP contribution in [0, 0.1) is 0 Å². The number of hydrogen-bond donors (Lipinski definition) is 2. The molecule has 1 aromatic carbocycles. The summed E-state index contributed by atoms with van der Waals surface area (Å²) >= 11 is 0. The first-order chi connectivity index (χ1) is 12.1. The Hall–Kier alpha value is -2.61. The summed E-state index contributed by atoms with van der Waals surface area (Å²) in [5.74, 6) is -0.621. The molecule has 132 valence electrons. The number of nitrogens with one attached hydrogen (secondary N) is 2. The van der Waals surface area contributed by atoms with Crippen molar-refractivity contribution in [3.8, 4) is 0 Å². The van der Waals surface area contributed by atoms with Crippen molar-refractivity contribution in [2.45, 2.75) is 12.5 Å². The molecule has 1 atom stereocenters. The van der Waals surface area contributed by atoms with E-state index in [2.05, 4.69) is 15.5 Å². The van der Waals surface area contributed by atoms with Gasteiger partial charge in [0.2, 0.25) is 0 Å². The Balaban J connectivity index is 1.92. The van der Waals surface area contributed by atoms with E-state index in [0.717, 1.165) is 37.4 Å². The number of hydrogen-bond acceptors (Lipinski definition) is 5. The van der Waals surface area contributed by atoms with Crippen LogP contribution in [-0.4, -0.2) is 53.5 Å². The molecule has 4 rings (SSSR count). The van der Waals surface area contributed by atoms with Gasteiger partial charge in [-0.2, -0.15) is 0 Å². The molecule has 0 bridgehead atoms. The Morgan fingerprint density at radius 2 is 1.84 bits per heavy atom. The molecular formula is C17H21N5O3. The van der Waals surface area contributed by atoms with Crippen molar-refractivity contribution in [3.63, 3.8) is 0 Å². The van der Waals surface area contributed by atoms with E-state index in [1.54, 1.807) is 17.7 Å². The number of aromatic nitrogens is 2. The third-order valence-corrected chi connectivity index (χ3v) is 5.02. The normalized spacial score (nSPS) is 21.6. The van der Waals surface area contributed by atoms with Crippen molar-refractivity contribution in [1.82, 2.24) is 19.8 Å². The summed E-state index contributed by atoms with van der Waals surface area (Å²) in [5.41, 5.74) is 2.01. The third kappa shape index (κ3) is 2.44. The minimum absolute atomic E-state index is 0.217. The molecule has 0 spiro atoms. The zero-order valence-corrected chi connectivity index (χ0v) is 14.1. The number of piperidine rings is 1. The van der Waals surface area contributed by atoms with Crippen LogP contribution in [0.25, 0.3) is 11.0 Å². The summed E-state index contributed by atoms with van der Waals surface area (Å²) in [7, 11) is 1.69. The van der Waals surface area contributed by atoms with Crippen LogP contribution in [-0.2, 0) is 16.6 Å². The van der Waals surface area contributed by atoms with Gasteiger partial charge in [-0.1, -0.05) is 6.07 Å². The first-order valence-corrected chi connectivity index (χ1v) is 8.55. The number of rotatable bonds is 2. The number of aryl methyl sites for hydroxylation is 1. The van der Waals surface area contributed by atoms with Gasteiger partial charge in [-0.15, -0.1) is 0 Å². The Morgan fingerprint density at radius 1 is 1.08 bits per heavy atom. The van der Waals surface area contributed by atoms with Crippen LogP contribution in [0.5, 0.6) is 0 Å². The van der Waals surface area contributed by atoms with E-state index in [1.165, 1.54) is 4.57 Å². The predicted molar refractivity (Wildman–Crippen MR) is 93.9 cm³/mol. The zero-order chi connectivity index (χ0) is 17.6. The quantitative estimate of drug-likeness (QED) is 0.710. The smallest absolute Gasteiger partial charge is 0.330 e. The lowest BCUT2D eigenvalue weighted by Gasteiger charge is -2.30. The molecule has 1 amide bonds. The second kappa shape index (κ2) is 6.03. The van der Waals surface area contributed by atoms with Crippen molar-refractivity contribution in [3.05, 3.63) is 28.7 Å². The number of piperazine rings is 1. The summed E-state index contributed by atoms with van der Waals surface area (Å²) < 4.78 is 2.89. The van der Waals surface area contributed by atoms with Gasteiger partial charge >= 0.3 is 5.69 Å². The van der Waals surface area contributed by atoms with Gasteiger partial charge in [-0.25, -0.2) is 4.79 Å². The molecule has 25 heavy (non-hydrogen) atoms. The number of para-hydroxylation sites is 1. The molecule has 2 saturated heterocycles. The summed E-state index contributed by atoms with van der Waals surface area (Å²) in [6.45, 7) is 3.80. The highest BCUT2D eigenvalue weighted by molar-refractivity contribution is 6.07. The number of imidazole rings is 1. The maximum Gasteiger partial charge on any atom is 0.330 e. The molecule has 2 aromatic rings. The minimum atomic E-state index is -1.08. The molecule has 8 nitrogen and oxygen atoms in total. The van der Waals surface area contributed by atoms with Crippen LogP contribution >= 0.6 is 0 Å². The number of fused-ring (bicyclic) bond motifs is 1. The van der Waals surface area contributed by atoms with Gasteiger partial charge < -0.3 is 15.5 Å². The van der Waals surface area contributed by atoms with Crippen LogP contribution in [0.3, 0.4) is 0 Å². The van der Waals surface area contributed by atoms with Crippen LogP contribution in [0.4, 0.5) is 5.69 Å². The van der Waals surface area contributed by atoms with Crippen molar-refractivity contribution < 1.29 is 9.59 Å². The zero-order valence-electron chi connectivity index (χ0n) is 14.1. The highest BCUT2D eigenvalue weighted by Crippen LogP contribution is 2.28. The number of Topliss-reactive ketones (excluding diaryl/α,β-unsaturated/α-hetero) is 1. The largest absolute Gasteiger partial charge is 0.367 e. The van der Waals surface area contributed by atoms with Crippen molar-refractivity contribution in [2.75, 3.05) is 37.6 Å². The number of benzene rings is 1. The maximum atomic E-state index is 12.9. The van der Waals surface area contributed by atoms with Gasteiger partial charge in [-0.3, -0.25) is 18.7 Å². The fraction of sp³-hybridized carbons (Fsp3) is 0.471. The second-order valence-electron chi connectivity index (χ2n) is 6.50. The molecule has 0 saturated carbocycles. The number of carbonyl (C=O) groups is 2. The van der Waals surface area contributed by atoms with E-state index in [0.29, 0.717) is 12.1 Å². The third-order valence-electron chi connectivity index (χ3n) is 5.02. The van der Waals surface area contributed by atoms with Crippen LogP contribution in [0.1, 0.15) is 12.5 Å². The summed E-state index contributed by atoms with van der Waals surface area (Å²) in [6.07, 6.45) is 0.247. The summed E-state index contributed by atoms with van der Waals surface area (Å²) in [4.78, 5) is 39.7. The van der Waals surface area contributed by atoms with Gasteiger partial charge in [0.1, 0.15) is 0 Å². The highest BCUT2D eigenvalue weighted by Gasteiger charge is 2.35. The Bertz CT molecular complexity index is 891. The standard InChI is InChI=1S/C17H21N5O3/c1-20-14-11(21-9-7-18-8-10-21)3-2-4-12(14)22(17(20)25)15-13(23)5-6-19-16(15)24/h2-4,15,18H,5-10H2,1H3,(H,19,24). The average Bonchev–Trinajstić information content (AvgIpc) is 2.88. The monoisotopic (exact) mass is 343 g/mol. The van der Waals surface area contributed by atoms with Crippen LogP contribution in [0.15, 0.2) is 23.0 Å². The van der Waals surface area contributed by atoms with E-state index in [1.807, 2.05) is 12.1 Å². The molecule has 1 aromatic heterocycles. The number of ketones is 1. The molecule has 2 fully saturated rings. The SMILES string of the molecule is Cn1c(=O)n(C2C(=O)CCNC2=O)c2cccc(N3CCNCC3)c21. The van der Waals surface area contributed by atoms with Gasteiger partial charge in [0.25, 0.3) is 5.91 Å². The molecule has 0 radical (unpaired) electrons. The molecule has 1 unspecified atom stereocenters. The molecule has 2 aliphatic heterocycles. The van der Waals surface area contributed by atoms with Crippen molar-refractivity contribution >= 4 is 28.4 Å². The van der Waals surface area contributed by atoms with Gasteiger partial charge in [0.15, 0.2) is 11.8 Å². The average molecular weight is 343 g/mol. The number of amides is 1. The Labute approximate surface area is 144 Å². The van der Waals surface area contributed by atoms with Crippen molar-refractivity contribution in [1.29, 1.82) is 0 Å². The van der Waals surface area contributed by atoms with E-state index < -0.39 is 11.9 Å². The summed E-state index contributed by atoms with van der Waals surface area (Å²) in [5, 5.41) is 6.01. The lowest BCUT2D eigenvalue weighted by atomic mass is 10.0. The first kappa shape index (κ1) is 15.9. The fourth-order valence-corrected chi connectivity index (χ4v) is 3.78. The fourth-order valence-electron chi connectivity index (χ4n) is 3.78. The highest BCUT2D eigenvalue weighted by atomic mass is 16.2. The predicted octanol–water partition coefficient (Wildman–Crippen LogP) is -0.620. The van der Waals surface area contributed by atoms with E-state index in [9.17, 15) is 14.4 Å². The Kier molecular flexibility index (Phi) is 3.84. The molecule has 2 N–H and O–H groups in total. The maximum absolute atomic E-state index is 12.9. The summed E-state index contributed by atoms with van der Waals surface area (Å²) in [6, 6.07) is 4.58. The number of carbonyl (C=O) groups excluding carboxylic acids is 2. The molecule has 3 heterocycles.